The monoisotopic (exact) mass is 308 g/mol. The van der Waals surface area contributed by atoms with Crippen LogP contribution in [0.2, 0.25) is 0 Å². The molecule has 18 heavy (non-hydrogen) atoms. The molecule has 1 aromatic carbocycles. The summed E-state index contributed by atoms with van der Waals surface area (Å²) in [7, 11) is 0. The third-order valence-electron chi connectivity index (χ3n) is 5.54. The molecule has 4 fully saturated rings. The first kappa shape index (κ1) is 11.5. The maximum atomic E-state index is 14.3. The molecule has 0 atom stereocenters. The third kappa shape index (κ3) is 1.61. The topological polar surface area (TPSA) is 0 Å². The van der Waals surface area contributed by atoms with Crippen molar-refractivity contribution in [2.75, 3.05) is 0 Å². The fourth-order valence-electron chi connectivity index (χ4n) is 5.34. The van der Waals surface area contributed by atoms with Crippen LogP contribution >= 0.6 is 15.9 Å². The Labute approximate surface area is 116 Å². The van der Waals surface area contributed by atoms with Crippen LogP contribution in [-0.4, -0.2) is 0 Å². The zero-order valence-corrected chi connectivity index (χ0v) is 12.0. The van der Waals surface area contributed by atoms with Gasteiger partial charge in [-0.15, -0.1) is 0 Å². The first-order valence-corrected chi connectivity index (χ1v) is 7.89. The fourth-order valence-corrected chi connectivity index (χ4v) is 5.71. The summed E-state index contributed by atoms with van der Waals surface area (Å²) in [5, 5.41) is 0. The second kappa shape index (κ2) is 3.82. The summed E-state index contributed by atoms with van der Waals surface area (Å²) >= 11 is 3.51. The van der Waals surface area contributed by atoms with E-state index < -0.39 is 0 Å². The Hall–Kier alpha value is -0.370. The van der Waals surface area contributed by atoms with E-state index in [0.717, 1.165) is 27.8 Å². The standard InChI is InChI=1S/C16H18BrF/c17-13-1-2-15(18)14(6-13)16-7-10-3-11(8-16)5-12(4-10)9-16/h1-2,6,10-12H,3-5,7-9H2. The minimum Gasteiger partial charge on any atom is -0.207 e. The minimum absolute atomic E-state index is 0.0140. The van der Waals surface area contributed by atoms with Gasteiger partial charge in [-0.2, -0.15) is 0 Å². The summed E-state index contributed by atoms with van der Waals surface area (Å²) in [4.78, 5) is 0. The highest BCUT2D eigenvalue weighted by atomic mass is 79.9. The van der Waals surface area contributed by atoms with Gasteiger partial charge in [-0.3, -0.25) is 0 Å². The normalized spacial score (nSPS) is 41.3. The smallest absolute Gasteiger partial charge is 0.127 e. The quantitative estimate of drug-likeness (QED) is 0.680. The van der Waals surface area contributed by atoms with Gasteiger partial charge in [0.15, 0.2) is 0 Å². The zero-order valence-electron chi connectivity index (χ0n) is 10.5. The highest BCUT2D eigenvalue weighted by Crippen LogP contribution is 2.61. The van der Waals surface area contributed by atoms with E-state index in [1.807, 2.05) is 12.1 Å². The lowest BCUT2D eigenvalue weighted by Gasteiger charge is -2.57. The van der Waals surface area contributed by atoms with E-state index in [0.29, 0.717) is 0 Å². The van der Waals surface area contributed by atoms with E-state index in [2.05, 4.69) is 15.9 Å². The van der Waals surface area contributed by atoms with Gasteiger partial charge in [0, 0.05) is 4.47 Å². The number of rotatable bonds is 1. The second-order valence-corrected chi connectivity index (χ2v) is 7.74. The molecular formula is C16H18BrF. The molecule has 0 aromatic heterocycles. The predicted octanol–water partition coefficient (Wildman–Crippen LogP) is 5.06. The number of benzene rings is 1. The molecule has 4 bridgehead atoms. The molecule has 0 aliphatic heterocycles. The minimum atomic E-state index is 0.0140. The first-order valence-electron chi connectivity index (χ1n) is 7.10. The van der Waals surface area contributed by atoms with Crippen molar-refractivity contribution >= 4 is 15.9 Å². The van der Waals surface area contributed by atoms with Crippen molar-refractivity contribution in [2.24, 2.45) is 17.8 Å². The second-order valence-electron chi connectivity index (χ2n) is 6.82. The molecule has 0 N–H and O–H groups in total. The van der Waals surface area contributed by atoms with Gasteiger partial charge in [0.1, 0.15) is 5.82 Å². The predicted molar refractivity (Wildman–Crippen MR) is 74.0 cm³/mol. The average molecular weight is 309 g/mol. The molecule has 96 valence electrons. The lowest BCUT2D eigenvalue weighted by atomic mass is 9.48. The van der Waals surface area contributed by atoms with Crippen molar-refractivity contribution in [1.29, 1.82) is 0 Å². The van der Waals surface area contributed by atoms with Crippen LogP contribution in [-0.2, 0) is 5.41 Å². The third-order valence-corrected chi connectivity index (χ3v) is 6.03. The van der Waals surface area contributed by atoms with Crippen LogP contribution in [0.3, 0.4) is 0 Å². The number of hydrogen-bond donors (Lipinski definition) is 0. The Morgan fingerprint density at radius 2 is 1.56 bits per heavy atom. The summed E-state index contributed by atoms with van der Waals surface area (Å²) in [6.45, 7) is 0. The van der Waals surface area contributed by atoms with Gasteiger partial charge >= 0.3 is 0 Å². The Morgan fingerprint density at radius 1 is 1.00 bits per heavy atom. The van der Waals surface area contributed by atoms with Gasteiger partial charge in [-0.25, -0.2) is 4.39 Å². The molecule has 4 saturated carbocycles. The van der Waals surface area contributed by atoms with Gasteiger partial charge in [0.05, 0.1) is 0 Å². The molecule has 4 aliphatic carbocycles. The average Bonchev–Trinajstić information content (AvgIpc) is 2.30. The Bertz CT molecular complexity index is 459. The molecule has 1 aromatic rings. The summed E-state index contributed by atoms with van der Waals surface area (Å²) < 4.78 is 15.3. The van der Waals surface area contributed by atoms with E-state index >= 15 is 0 Å². The largest absolute Gasteiger partial charge is 0.207 e. The van der Waals surface area contributed by atoms with Crippen molar-refractivity contribution in [3.8, 4) is 0 Å². The van der Waals surface area contributed by atoms with Gasteiger partial charge < -0.3 is 0 Å². The Kier molecular flexibility index (Phi) is 2.43. The van der Waals surface area contributed by atoms with Gasteiger partial charge in [0.25, 0.3) is 0 Å². The molecule has 2 heteroatoms. The van der Waals surface area contributed by atoms with Crippen LogP contribution in [0.5, 0.6) is 0 Å². The first-order chi connectivity index (χ1) is 8.64. The van der Waals surface area contributed by atoms with E-state index in [1.165, 1.54) is 38.5 Å². The lowest BCUT2D eigenvalue weighted by Crippen LogP contribution is -2.48. The van der Waals surface area contributed by atoms with Crippen molar-refractivity contribution in [2.45, 2.75) is 43.9 Å². The van der Waals surface area contributed by atoms with Crippen molar-refractivity contribution in [3.63, 3.8) is 0 Å². The highest BCUT2D eigenvalue weighted by molar-refractivity contribution is 9.10. The van der Waals surface area contributed by atoms with Crippen LogP contribution in [0.15, 0.2) is 22.7 Å². The summed E-state index contributed by atoms with van der Waals surface area (Å²) in [5.74, 6) is 2.62. The lowest BCUT2D eigenvalue weighted by molar-refractivity contribution is -0.00677. The van der Waals surface area contributed by atoms with Crippen LogP contribution < -0.4 is 0 Å². The molecule has 0 radical (unpaired) electrons. The highest BCUT2D eigenvalue weighted by Gasteiger charge is 2.52. The zero-order chi connectivity index (χ0) is 12.3. The molecule has 5 rings (SSSR count). The van der Waals surface area contributed by atoms with Gasteiger partial charge in [-0.1, -0.05) is 15.9 Å². The van der Waals surface area contributed by atoms with E-state index in [-0.39, 0.29) is 11.2 Å². The molecule has 0 unspecified atom stereocenters. The van der Waals surface area contributed by atoms with E-state index in [1.54, 1.807) is 6.07 Å². The molecule has 0 saturated heterocycles. The Balaban J connectivity index is 1.81. The molecule has 0 spiro atoms. The van der Waals surface area contributed by atoms with Crippen LogP contribution in [0.1, 0.15) is 44.1 Å². The Morgan fingerprint density at radius 3 is 2.11 bits per heavy atom. The molecule has 0 heterocycles. The van der Waals surface area contributed by atoms with Crippen LogP contribution in [0, 0.1) is 23.6 Å². The van der Waals surface area contributed by atoms with Crippen LogP contribution in [0.25, 0.3) is 0 Å². The van der Waals surface area contributed by atoms with Crippen LogP contribution in [0.4, 0.5) is 4.39 Å². The molecule has 4 aliphatic rings. The van der Waals surface area contributed by atoms with Gasteiger partial charge in [0.2, 0.25) is 0 Å². The number of hydrogen-bond acceptors (Lipinski definition) is 0. The maximum Gasteiger partial charge on any atom is 0.127 e. The molecular weight excluding hydrogens is 291 g/mol. The van der Waals surface area contributed by atoms with Gasteiger partial charge in [-0.05, 0) is 85.5 Å². The van der Waals surface area contributed by atoms with Crippen molar-refractivity contribution < 1.29 is 4.39 Å². The van der Waals surface area contributed by atoms with E-state index in [4.69, 9.17) is 0 Å². The molecule has 0 amide bonds. The fraction of sp³-hybridized carbons (Fsp3) is 0.625. The van der Waals surface area contributed by atoms with Crippen molar-refractivity contribution in [3.05, 3.63) is 34.1 Å². The maximum absolute atomic E-state index is 14.3. The number of halogens is 2. The summed E-state index contributed by atoms with van der Waals surface area (Å²) in [6.07, 6.45) is 7.92. The van der Waals surface area contributed by atoms with Crippen molar-refractivity contribution in [1.82, 2.24) is 0 Å². The summed E-state index contributed by atoms with van der Waals surface area (Å²) in [5.41, 5.74) is 1.17. The SMILES string of the molecule is Fc1ccc(Br)cc1C12CC3CC(CC(C3)C1)C2. The molecule has 0 nitrogen and oxygen atoms in total. The summed E-state index contributed by atoms with van der Waals surface area (Å²) in [6, 6.07) is 5.50. The van der Waals surface area contributed by atoms with E-state index in [9.17, 15) is 4.39 Å².